The van der Waals surface area contributed by atoms with E-state index < -0.39 is 9.84 Å². The molecule has 1 aromatic carbocycles. The first-order valence-electron chi connectivity index (χ1n) is 6.42. The summed E-state index contributed by atoms with van der Waals surface area (Å²) in [4.78, 5) is 3.21. The topological polar surface area (TPSA) is 76.0 Å². The standard InChI is InChI=1S/C15H20N2O2S/c1-15(2,16)9-12-10-17-14-11(5-4-6-13(12)14)7-8-20(3,18)19/h4-8,10,17H,9,16H2,1-3H3. The summed E-state index contributed by atoms with van der Waals surface area (Å²) in [6.07, 6.45) is 5.50. The van der Waals surface area contributed by atoms with Gasteiger partial charge in [0.1, 0.15) is 0 Å². The summed E-state index contributed by atoms with van der Waals surface area (Å²) >= 11 is 0. The molecule has 4 nitrogen and oxygen atoms in total. The van der Waals surface area contributed by atoms with Crippen molar-refractivity contribution in [2.75, 3.05) is 6.26 Å². The van der Waals surface area contributed by atoms with Gasteiger partial charge in [0, 0.05) is 28.8 Å². The van der Waals surface area contributed by atoms with Crippen LogP contribution >= 0.6 is 0 Å². The third-order valence-electron chi connectivity index (χ3n) is 2.97. The Bertz CT molecular complexity index is 750. The SMILES string of the molecule is CC(C)(N)Cc1c[nH]c2c(C=CS(C)(=O)=O)cccc12. The third-order valence-corrected chi connectivity index (χ3v) is 3.60. The van der Waals surface area contributed by atoms with Crippen LogP contribution in [0.15, 0.2) is 29.8 Å². The van der Waals surface area contributed by atoms with Gasteiger partial charge in [-0.25, -0.2) is 8.42 Å². The maximum atomic E-state index is 11.2. The van der Waals surface area contributed by atoms with Gasteiger partial charge in [-0.2, -0.15) is 0 Å². The van der Waals surface area contributed by atoms with E-state index in [1.807, 2.05) is 38.2 Å². The summed E-state index contributed by atoms with van der Waals surface area (Å²) in [7, 11) is -3.13. The molecule has 0 saturated carbocycles. The molecule has 20 heavy (non-hydrogen) atoms. The molecular weight excluding hydrogens is 272 g/mol. The van der Waals surface area contributed by atoms with E-state index in [9.17, 15) is 8.42 Å². The Morgan fingerprint density at radius 2 is 2.05 bits per heavy atom. The van der Waals surface area contributed by atoms with Crippen LogP contribution in [0.3, 0.4) is 0 Å². The average molecular weight is 292 g/mol. The van der Waals surface area contributed by atoms with Crippen LogP contribution in [-0.2, 0) is 16.3 Å². The van der Waals surface area contributed by atoms with E-state index in [0.29, 0.717) is 0 Å². The number of para-hydroxylation sites is 1. The van der Waals surface area contributed by atoms with Crippen LogP contribution in [0.4, 0.5) is 0 Å². The highest BCUT2D eigenvalue weighted by Crippen LogP contribution is 2.25. The van der Waals surface area contributed by atoms with Gasteiger partial charge in [0.05, 0.1) is 5.52 Å². The number of hydrogen-bond donors (Lipinski definition) is 2. The minimum Gasteiger partial charge on any atom is -0.360 e. The predicted octanol–water partition coefficient (Wildman–Crippen LogP) is 2.46. The van der Waals surface area contributed by atoms with E-state index in [-0.39, 0.29) is 5.54 Å². The van der Waals surface area contributed by atoms with Gasteiger partial charge in [0.15, 0.2) is 9.84 Å². The normalized spacial score (nSPS) is 13.4. The number of sulfone groups is 1. The number of nitrogens with one attached hydrogen (secondary N) is 1. The van der Waals surface area contributed by atoms with Crippen LogP contribution in [0.5, 0.6) is 0 Å². The van der Waals surface area contributed by atoms with Gasteiger partial charge < -0.3 is 10.7 Å². The minimum absolute atomic E-state index is 0.284. The van der Waals surface area contributed by atoms with Crippen LogP contribution in [0, 0.1) is 0 Å². The number of rotatable bonds is 4. The lowest BCUT2D eigenvalue weighted by molar-refractivity contribution is 0.518. The number of aromatic amines is 1. The molecule has 1 aromatic heterocycles. The monoisotopic (exact) mass is 292 g/mol. The first-order chi connectivity index (χ1) is 9.16. The van der Waals surface area contributed by atoms with Crippen molar-refractivity contribution in [2.45, 2.75) is 25.8 Å². The molecular formula is C15H20N2O2S. The smallest absolute Gasteiger partial charge is 0.168 e. The van der Waals surface area contributed by atoms with E-state index in [0.717, 1.165) is 28.5 Å². The second-order valence-electron chi connectivity index (χ2n) is 5.88. The lowest BCUT2D eigenvalue weighted by atomic mass is 9.95. The minimum atomic E-state index is -3.13. The van der Waals surface area contributed by atoms with Crippen LogP contribution < -0.4 is 5.73 Å². The lowest BCUT2D eigenvalue weighted by Crippen LogP contribution is -2.34. The maximum Gasteiger partial charge on any atom is 0.168 e. The van der Waals surface area contributed by atoms with Gasteiger partial charge in [-0.15, -0.1) is 0 Å². The molecule has 0 aliphatic carbocycles. The highest BCUT2D eigenvalue weighted by Gasteiger charge is 2.15. The number of benzene rings is 1. The molecule has 0 spiro atoms. The molecule has 0 amide bonds. The zero-order valence-electron chi connectivity index (χ0n) is 12.0. The van der Waals surface area contributed by atoms with Crippen molar-refractivity contribution in [3.63, 3.8) is 0 Å². The Hall–Kier alpha value is -1.59. The number of H-pyrrole nitrogens is 1. The van der Waals surface area contributed by atoms with Crippen molar-refractivity contribution in [3.8, 4) is 0 Å². The Morgan fingerprint density at radius 1 is 1.35 bits per heavy atom. The van der Waals surface area contributed by atoms with E-state index in [4.69, 9.17) is 5.73 Å². The molecule has 0 fully saturated rings. The Labute approximate surface area is 119 Å². The van der Waals surface area contributed by atoms with E-state index in [1.54, 1.807) is 6.08 Å². The zero-order chi connectivity index (χ0) is 15.0. The molecule has 0 bridgehead atoms. The van der Waals surface area contributed by atoms with Crippen LogP contribution in [-0.4, -0.2) is 25.2 Å². The molecule has 2 aromatic rings. The first-order valence-corrected chi connectivity index (χ1v) is 8.37. The highest BCUT2D eigenvalue weighted by molar-refractivity contribution is 7.93. The molecule has 0 atom stereocenters. The van der Waals surface area contributed by atoms with Gasteiger partial charge in [-0.1, -0.05) is 18.2 Å². The first kappa shape index (κ1) is 14.8. The molecule has 5 heteroatoms. The van der Waals surface area contributed by atoms with Gasteiger partial charge in [0.25, 0.3) is 0 Å². The van der Waals surface area contributed by atoms with Crippen LogP contribution in [0.2, 0.25) is 0 Å². The second kappa shape index (κ2) is 5.07. The fourth-order valence-electron chi connectivity index (χ4n) is 2.21. The van der Waals surface area contributed by atoms with E-state index >= 15 is 0 Å². The molecule has 3 N–H and O–H groups in total. The summed E-state index contributed by atoms with van der Waals surface area (Å²) in [6.45, 7) is 3.97. The van der Waals surface area contributed by atoms with Crippen LogP contribution in [0.25, 0.3) is 17.0 Å². The second-order valence-corrected chi connectivity index (χ2v) is 7.81. The maximum absolute atomic E-state index is 11.2. The Kier molecular flexibility index (Phi) is 3.75. The molecule has 0 unspecified atom stereocenters. The Balaban J connectivity index is 2.48. The molecule has 1 heterocycles. The van der Waals surface area contributed by atoms with Crippen molar-refractivity contribution in [2.24, 2.45) is 5.73 Å². The van der Waals surface area contributed by atoms with Crippen molar-refractivity contribution in [1.29, 1.82) is 0 Å². The summed E-state index contributed by atoms with van der Waals surface area (Å²) in [6, 6.07) is 5.83. The van der Waals surface area contributed by atoms with Crippen molar-refractivity contribution in [1.82, 2.24) is 4.98 Å². The average Bonchev–Trinajstić information content (AvgIpc) is 2.67. The number of aromatic nitrogens is 1. The van der Waals surface area contributed by atoms with Crippen LogP contribution in [0.1, 0.15) is 25.0 Å². The van der Waals surface area contributed by atoms with Crippen molar-refractivity contribution >= 4 is 26.8 Å². The van der Waals surface area contributed by atoms with Gasteiger partial charge in [-0.05, 0) is 37.5 Å². The molecule has 0 radical (unpaired) electrons. The summed E-state index contributed by atoms with van der Waals surface area (Å²) in [5.41, 5.74) is 8.71. The number of nitrogens with two attached hydrogens (primary N) is 1. The quantitative estimate of drug-likeness (QED) is 0.909. The molecule has 0 saturated heterocycles. The Morgan fingerprint density at radius 3 is 2.65 bits per heavy atom. The molecule has 108 valence electrons. The van der Waals surface area contributed by atoms with E-state index in [1.165, 1.54) is 11.7 Å². The van der Waals surface area contributed by atoms with Gasteiger partial charge >= 0.3 is 0 Å². The summed E-state index contributed by atoms with van der Waals surface area (Å²) in [5.74, 6) is 0. The van der Waals surface area contributed by atoms with E-state index in [2.05, 4.69) is 4.98 Å². The predicted molar refractivity (Wildman–Crippen MR) is 84.1 cm³/mol. The third kappa shape index (κ3) is 3.71. The number of fused-ring (bicyclic) bond motifs is 1. The fourth-order valence-corrected chi connectivity index (χ4v) is 2.60. The van der Waals surface area contributed by atoms with Gasteiger partial charge in [0.2, 0.25) is 0 Å². The van der Waals surface area contributed by atoms with Crippen molar-refractivity contribution in [3.05, 3.63) is 40.9 Å². The summed E-state index contributed by atoms with van der Waals surface area (Å²) < 4.78 is 22.4. The highest BCUT2D eigenvalue weighted by atomic mass is 32.2. The lowest BCUT2D eigenvalue weighted by Gasteiger charge is -2.17. The summed E-state index contributed by atoms with van der Waals surface area (Å²) in [5, 5.41) is 2.30. The van der Waals surface area contributed by atoms with Crippen molar-refractivity contribution < 1.29 is 8.42 Å². The molecule has 2 rings (SSSR count). The number of hydrogen-bond acceptors (Lipinski definition) is 3. The molecule has 0 aliphatic heterocycles. The fraction of sp³-hybridized carbons (Fsp3) is 0.333. The zero-order valence-corrected chi connectivity index (χ0v) is 12.8. The largest absolute Gasteiger partial charge is 0.360 e. The molecule has 0 aliphatic rings. The van der Waals surface area contributed by atoms with Gasteiger partial charge in [-0.3, -0.25) is 0 Å².